The number of alkyl halides is 3. The fourth-order valence-electron chi connectivity index (χ4n) is 5.97. The highest BCUT2D eigenvalue weighted by atomic mass is 19.4. The first-order valence-corrected chi connectivity index (χ1v) is 9.34. The lowest BCUT2D eigenvalue weighted by Gasteiger charge is -2.60. The van der Waals surface area contributed by atoms with Gasteiger partial charge < -0.3 is 14.6 Å². The molecule has 4 bridgehead atoms. The summed E-state index contributed by atoms with van der Waals surface area (Å²) in [5.74, 6) is -0.0459. The van der Waals surface area contributed by atoms with E-state index >= 15 is 0 Å². The first kappa shape index (κ1) is 17.7. The van der Waals surface area contributed by atoms with Gasteiger partial charge in [-0.2, -0.15) is 13.2 Å². The van der Waals surface area contributed by atoms with E-state index in [1.54, 1.807) is 0 Å². The molecule has 3 nitrogen and oxygen atoms in total. The van der Waals surface area contributed by atoms with Crippen LogP contribution in [0.1, 0.15) is 61.4 Å². The minimum atomic E-state index is -4.60. The zero-order valence-electron chi connectivity index (χ0n) is 14.6. The average Bonchev–Trinajstić information content (AvgIpc) is 2.56. The zero-order valence-corrected chi connectivity index (χ0v) is 14.6. The van der Waals surface area contributed by atoms with Gasteiger partial charge in [-0.15, -0.1) is 0 Å². The van der Waals surface area contributed by atoms with E-state index in [0.717, 1.165) is 43.9 Å². The molecule has 0 aliphatic heterocycles. The fourth-order valence-corrected chi connectivity index (χ4v) is 5.97. The van der Waals surface area contributed by atoms with Crippen LogP contribution in [-0.2, 0) is 6.18 Å². The molecular weight excluding hydrogens is 345 g/mol. The molecule has 5 rings (SSSR count). The van der Waals surface area contributed by atoms with Crippen LogP contribution in [0.15, 0.2) is 18.2 Å². The van der Waals surface area contributed by atoms with Crippen LogP contribution >= 0.6 is 0 Å². The fraction of sp³-hybridized carbons (Fsp3) is 0.650. The van der Waals surface area contributed by atoms with Crippen molar-refractivity contribution in [3.63, 3.8) is 0 Å². The normalized spacial score (nSPS) is 35.5. The van der Waals surface area contributed by atoms with Crippen molar-refractivity contribution in [1.82, 2.24) is 0 Å². The van der Waals surface area contributed by atoms with Crippen molar-refractivity contribution in [3.05, 3.63) is 29.3 Å². The molecule has 0 N–H and O–H groups in total. The first-order chi connectivity index (χ1) is 12.2. The molecule has 0 saturated heterocycles. The van der Waals surface area contributed by atoms with Gasteiger partial charge in [-0.1, -0.05) is 13.0 Å². The van der Waals surface area contributed by atoms with E-state index in [2.05, 4.69) is 0 Å². The molecule has 0 atom stereocenters. The van der Waals surface area contributed by atoms with Crippen LogP contribution in [0.4, 0.5) is 13.2 Å². The van der Waals surface area contributed by atoms with E-state index in [-0.39, 0.29) is 23.1 Å². The second-order valence-electron chi connectivity index (χ2n) is 8.21. The second-order valence-corrected chi connectivity index (χ2v) is 8.21. The maximum absolute atomic E-state index is 13.5. The Kier molecular flexibility index (Phi) is 4.01. The van der Waals surface area contributed by atoms with Gasteiger partial charge in [-0.05, 0) is 74.3 Å². The summed E-state index contributed by atoms with van der Waals surface area (Å²) in [6, 6.07) is 2.71. The second kappa shape index (κ2) is 5.89. The largest absolute Gasteiger partial charge is 0.545 e. The number of halogens is 3. The third-order valence-electron chi connectivity index (χ3n) is 6.90. The molecule has 0 spiro atoms. The molecule has 0 unspecified atom stereocenters. The Morgan fingerprint density at radius 1 is 1.15 bits per heavy atom. The Hall–Kier alpha value is -1.72. The number of aromatic carboxylic acids is 1. The molecule has 4 aliphatic rings. The summed E-state index contributed by atoms with van der Waals surface area (Å²) in [7, 11) is 0. The number of benzene rings is 1. The van der Waals surface area contributed by atoms with Gasteiger partial charge in [0.1, 0.15) is 11.4 Å². The number of hydrogen-bond acceptors (Lipinski definition) is 3. The molecule has 26 heavy (non-hydrogen) atoms. The number of carboxylic acid groups (broad SMARTS) is 1. The summed E-state index contributed by atoms with van der Waals surface area (Å²) in [4.78, 5) is 11.2. The molecule has 4 fully saturated rings. The molecule has 0 heterocycles. The number of rotatable bonds is 4. The van der Waals surface area contributed by atoms with Gasteiger partial charge in [0.2, 0.25) is 0 Å². The molecule has 142 valence electrons. The van der Waals surface area contributed by atoms with Crippen LogP contribution in [0.2, 0.25) is 0 Å². The summed E-state index contributed by atoms with van der Waals surface area (Å²) in [5.41, 5.74) is -1.83. The van der Waals surface area contributed by atoms with E-state index < -0.39 is 23.3 Å². The SMILES string of the molecule is CCC1(Oc2cc(C(=O)[O-])ccc2C(F)(F)F)C2CC3CC(C2)CC1C3. The van der Waals surface area contributed by atoms with Gasteiger partial charge in [0, 0.05) is 5.56 Å². The number of carbonyl (C=O) groups is 1. The highest BCUT2D eigenvalue weighted by Gasteiger charge is 2.58. The van der Waals surface area contributed by atoms with Gasteiger partial charge >= 0.3 is 6.18 Å². The summed E-state index contributed by atoms with van der Waals surface area (Å²) >= 11 is 0. The Morgan fingerprint density at radius 2 is 1.73 bits per heavy atom. The third kappa shape index (κ3) is 2.69. The molecule has 4 saturated carbocycles. The van der Waals surface area contributed by atoms with Crippen molar-refractivity contribution >= 4 is 5.97 Å². The van der Waals surface area contributed by atoms with Gasteiger partial charge in [0.05, 0.1) is 11.5 Å². The van der Waals surface area contributed by atoms with Crippen molar-refractivity contribution in [3.8, 4) is 5.75 Å². The van der Waals surface area contributed by atoms with E-state index in [4.69, 9.17) is 4.74 Å². The van der Waals surface area contributed by atoms with Crippen molar-refractivity contribution in [2.45, 2.75) is 57.2 Å². The minimum absolute atomic E-state index is 0.247. The van der Waals surface area contributed by atoms with E-state index in [1.807, 2.05) is 6.92 Å². The van der Waals surface area contributed by atoms with E-state index in [9.17, 15) is 23.1 Å². The molecule has 0 aromatic heterocycles. The predicted molar refractivity (Wildman–Crippen MR) is 86.5 cm³/mol. The summed E-state index contributed by atoms with van der Waals surface area (Å²) in [5, 5.41) is 11.2. The lowest BCUT2D eigenvalue weighted by molar-refractivity contribution is -0.255. The minimum Gasteiger partial charge on any atom is -0.545 e. The van der Waals surface area contributed by atoms with E-state index in [1.165, 1.54) is 6.42 Å². The molecule has 1 aromatic carbocycles. The van der Waals surface area contributed by atoms with Gasteiger partial charge in [0.15, 0.2) is 0 Å². The van der Waals surface area contributed by atoms with E-state index in [0.29, 0.717) is 18.3 Å². The van der Waals surface area contributed by atoms with Crippen LogP contribution in [0, 0.1) is 23.7 Å². The molecular formula is C20H22F3O3-. The van der Waals surface area contributed by atoms with Crippen LogP contribution in [0.5, 0.6) is 5.75 Å². The maximum Gasteiger partial charge on any atom is 0.419 e. The monoisotopic (exact) mass is 367 g/mol. The number of carboxylic acids is 1. The summed E-state index contributed by atoms with van der Waals surface area (Å²) in [6.45, 7) is 1.97. The summed E-state index contributed by atoms with van der Waals surface area (Å²) in [6.07, 6.45) is 1.28. The molecule has 6 heteroatoms. The van der Waals surface area contributed by atoms with Crippen LogP contribution < -0.4 is 9.84 Å². The van der Waals surface area contributed by atoms with Crippen molar-refractivity contribution < 1.29 is 27.8 Å². The quantitative estimate of drug-likeness (QED) is 0.807. The van der Waals surface area contributed by atoms with Crippen LogP contribution in [0.3, 0.4) is 0 Å². The molecule has 1 aromatic rings. The average molecular weight is 367 g/mol. The number of ether oxygens (including phenoxy) is 1. The van der Waals surface area contributed by atoms with Gasteiger partial charge in [-0.3, -0.25) is 0 Å². The highest BCUT2D eigenvalue weighted by Crippen LogP contribution is 2.61. The van der Waals surface area contributed by atoms with Gasteiger partial charge in [-0.25, -0.2) is 0 Å². The topological polar surface area (TPSA) is 49.4 Å². The Bertz CT molecular complexity index is 698. The molecule has 0 amide bonds. The standard InChI is InChI=1S/C20H23F3O3/c1-2-19(14-6-11-5-12(8-14)9-15(19)7-11)26-17-10-13(18(24)25)3-4-16(17)20(21,22)23/h3-4,10-12,14-15H,2,5-9H2,1H3,(H,24,25)/p-1. The first-order valence-electron chi connectivity index (χ1n) is 9.34. The maximum atomic E-state index is 13.5. The lowest BCUT2D eigenvalue weighted by atomic mass is 9.49. The highest BCUT2D eigenvalue weighted by molar-refractivity contribution is 5.86. The van der Waals surface area contributed by atoms with Gasteiger partial charge in [0.25, 0.3) is 0 Å². The van der Waals surface area contributed by atoms with Crippen LogP contribution in [-0.4, -0.2) is 11.6 Å². The molecule has 0 radical (unpaired) electrons. The van der Waals surface area contributed by atoms with Crippen molar-refractivity contribution in [2.75, 3.05) is 0 Å². The lowest BCUT2D eigenvalue weighted by Crippen LogP contribution is -2.60. The van der Waals surface area contributed by atoms with Crippen LogP contribution in [0.25, 0.3) is 0 Å². The number of carbonyl (C=O) groups excluding carboxylic acids is 1. The Balaban J connectivity index is 1.75. The molecule has 4 aliphatic carbocycles. The predicted octanol–water partition coefficient (Wildman–Crippen LogP) is 4.05. The Labute approximate surface area is 150 Å². The number of hydrogen-bond donors (Lipinski definition) is 0. The smallest absolute Gasteiger partial charge is 0.419 e. The zero-order chi connectivity index (χ0) is 18.7. The van der Waals surface area contributed by atoms with Crippen molar-refractivity contribution in [2.24, 2.45) is 23.7 Å². The third-order valence-corrected chi connectivity index (χ3v) is 6.90. The summed E-state index contributed by atoms with van der Waals surface area (Å²) < 4.78 is 46.6. The van der Waals surface area contributed by atoms with Crippen molar-refractivity contribution in [1.29, 1.82) is 0 Å². The Morgan fingerprint density at radius 3 is 2.19 bits per heavy atom.